The number of hydrogen-bond donors (Lipinski definition) is 0. The van der Waals surface area contributed by atoms with Crippen LogP contribution in [0.1, 0.15) is 20.7 Å². The molecule has 0 fully saturated rings. The number of ether oxygens (including phenoxy) is 3. The van der Waals surface area contributed by atoms with Gasteiger partial charge in [-0.25, -0.2) is 13.6 Å². The highest BCUT2D eigenvalue weighted by atomic mass is 19.1. The molecule has 0 heterocycles. The highest BCUT2D eigenvalue weighted by Crippen LogP contribution is 2.27. The number of ketones is 1. The molecule has 0 radical (unpaired) electrons. The van der Waals surface area contributed by atoms with E-state index in [1.807, 2.05) is 0 Å². The molecule has 7 heteroatoms. The molecule has 126 valence electrons. The number of Topliss-reactive ketones (excluding diaryl/α,β-unsaturated/α-hetero) is 1. The van der Waals surface area contributed by atoms with Gasteiger partial charge in [-0.3, -0.25) is 4.79 Å². The first-order valence-electron chi connectivity index (χ1n) is 6.83. The van der Waals surface area contributed by atoms with E-state index in [1.54, 1.807) is 0 Å². The Morgan fingerprint density at radius 3 is 2.29 bits per heavy atom. The molecule has 0 aliphatic rings. The molecular weight excluding hydrogens is 322 g/mol. The van der Waals surface area contributed by atoms with Crippen molar-refractivity contribution in [3.63, 3.8) is 0 Å². The zero-order valence-electron chi connectivity index (χ0n) is 13.0. The van der Waals surface area contributed by atoms with E-state index in [0.29, 0.717) is 17.6 Å². The molecular formula is C17H14F2O5. The van der Waals surface area contributed by atoms with Crippen LogP contribution in [0.25, 0.3) is 0 Å². The van der Waals surface area contributed by atoms with Gasteiger partial charge in [0.2, 0.25) is 0 Å². The van der Waals surface area contributed by atoms with Gasteiger partial charge < -0.3 is 14.2 Å². The summed E-state index contributed by atoms with van der Waals surface area (Å²) in [5.41, 5.74) is -0.212. The molecule has 0 saturated heterocycles. The van der Waals surface area contributed by atoms with Crippen molar-refractivity contribution in [1.82, 2.24) is 0 Å². The van der Waals surface area contributed by atoms with E-state index in [2.05, 4.69) is 0 Å². The van der Waals surface area contributed by atoms with Crippen LogP contribution in [0.2, 0.25) is 0 Å². The van der Waals surface area contributed by atoms with E-state index in [1.165, 1.54) is 32.4 Å². The Balaban J connectivity index is 2.06. The summed E-state index contributed by atoms with van der Waals surface area (Å²) in [7, 11) is 2.88. The summed E-state index contributed by atoms with van der Waals surface area (Å²) in [4.78, 5) is 23.8. The van der Waals surface area contributed by atoms with Gasteiger partial charge in [0.15, 0.2) is 23.9 Å². The number of hydrogen-bond acceptors (Lipinski definition) is 5. The Kier molecular flexibility index (Phi) is 5.47. The summed E-state index contributed by atoms with van der Waals surface area (Å²) < 4.78 is 41.2. The summed E-state index contributed by atoms with van der Waals surface area (Å²) in [5, 5.41) is 0. The van der Waals surface area contributed by atoms with Crippen LogP contribution in [-0.2, 0) is 4.74 Å². The third kappa shape index (κ3) is 3.87. The van der Waals surface area contributed by atoms with Gasteiger partial charge in [-0.15, -0.1) is 0 Å². The molecule has 2 aromatic rings. The Morgan fingerprint density at radius 1 is 0.958 bits per heavy atom. The lowest BCUT2D eigenvalue weighted by Crippen LogP contribution is -2.15. The van der Waals surface area contributed by atoms with Crippen molar-refractivity contribution in [2.75, 3.05) is 20.8 Å². The van der Waals surface area contributed by atoms with E-state index < -0.39 is 35.6 Å². The van der Waals surface area contributed by atoms with Crippen LogP contribution >= 0.6 is 0 Å². The number of methoxy groups -OCH3 is 2. The standard InChI is InChI=1S/C17H14F2O5/c1-22-15-6-3-10(7-16(15)23-2)14(20)9-24-17(21)12-5-4-11(18)8-13(12)19/h3-8H,9H2,1-2H3. The van der Waals surface area contributed by atoms with Gasteiger partial charge in [0.1, 0.15) is 11.6 Å². The van der Waals surface area contributed by atoms with E-state index in [4.69, 9.17) is 14.2 Å². The maximum Gasteiger partial charge on any atom is 0.341 e. The van der Waals surface area contributed by atoms with Crippen molar-refractivity contribution in [2.45, 2.75) is 0 Å². The predicted molar refractivity (Wildman–Crippen MR) is 80.5 cm³/mol. The maximum absolute atomic E-state index is 13.5. The monoisotopic (exact) mass is 336 g/mol. The molecule has 0 amide bonds. The summed E-state index contributed by atoms with van der Waals surface area (Å²) in [5.74, 6) is -2.64. The molecule has 0 bridgehead atoms. The Morgan fingerprint density at radius 2 is 1.67 bits per heavy atom. The number of rotatable bonds is 6. The molecule has 0 spiro atoms. The second-order valence-electron chi connectivity index (χ2n) is 4.69. The minimum absolute atomic E-state index is 0.236. The fraction of sp³-hybridized carbons (Fsp3) is 0.176. The first kappa shape index (κ1) is 17.4. The predicted octanol–water partition coefficient (Wildman–Crippen LogP) is 3.02. The lowest BCUT2D eigenvalue weighted by Gasteiger charge is -2.09. The summed E-state index contributed by atoms with van der Waals surface area (Å²) in [6.45, 7) is -0.592. The van der Waals surface area contributed by atoms with Crippen molar-refractivity contribution in [3.8, 4) is 11.5 Å². The zero-order chi connectivity index (χ0) is 17.7. The fourth-order valence-electron chi connectivity index (χ4n) is 1.96. The fourth-order valence-corrected chi connectivity index (χ4v) is 1.96. The van der Waals surface area contributed by atoms with Gasteiger partial charge in [-0.2, -0.15) is 0 Å². The molecule has 2 rings (SSSR count). The molecule has 0 aromatic heterocycles. The molecule has 0 atom stereocenters. The van der Waals surface area contributed by atoms with Gasteiger partial charge in [0.05, 0.1) is 19.8 Å². The Labute approximate surface area is 136 Å². The van der Waals surface area contributed by atoms with Gasteiger partial charge in [-0.1, -0.05) is 0 Å². The second-order valence-corrected chi connectivity index (χ2v) is 4.69. The lowest BCUT2D eigenvalue weighted by atomic mass is 10.1. The zero-order valence-corrected chi connectivity index (χ0v) is 13.0. The Hall–Kier alpha value is -2.96. The largest absolute Gasteiger partial charge is 0.493 e. The van der Waals surface area contributed by atoms with Crippen molar-refractivity contribution < 1.29 is 32.6 Å². The van der Waals surface area contributed by atoms with Crippen LogP contribution in [0.5, 0.6) is 11.5 Å². The van der Waals surface area contributed by atoms with Crippen LogP contribution in [0.4, 0.5) is 8.78 Å². The molecule has 5 nitrogen and oxygen atoms in total. The SMILES string of the molecule is COc1ccc(C(=O)COC(=O)c2ccc(F)cc2F)cc1OC. The van der Waals surface area contributed by atoms with Gasteiger partial charge in [0, 0.05) is 11.6 Å². The van der Waals surface area contributed by atoms with E-state index in [0.717, 1.165) is 12.1 Å². The van der Waals surface area contributed by atoms with Crippen LogP contribution in [-0.4, -0.2) is 32.6 Å². The minimum atomic E-state index is -1.06. The quantitative estimate of drug-likeness (QED) is 0.599. The number of carbonyl (C=O) groups is 2. The average Bonchev–Trinajstić information content (AvgIpc) is 2.58. The molecule has 0 aliphatic heterocycles. The summed E-state index contributed by atoms with van der Waals surface area (Å²) >= 11 is 0. The normalized spacial score (nSPS) is 10.2. The van der Waals surface area contributed by atoms with Gasteiger partial charge in [-0.05, 0) is 30.3 Å². The van der Waals surface area contributed by atoms with Crippen LogP contribution < -0.4 is 9.47 Å². The Bertz CT molecular complexity index is 774. The highest BCUT2D eigenvalue weighted by molar-refractivity contribution is 5.99. The van der Waals surface area contributed by atoms with E-state index in [9.17, 15) is 18.4 Å². The van der Waals surface area contributed by atoms with Crippen LogP contribution in [0.3, 0.4) is 0 Å². The number of esters is 1. The van der Waals surface area contributed by atoms with Crippen molar-refractivity contribution >= 4 is 11.8 Å². The lowest BCUT2D eigenvalue weighted by molar-refractivity contribution is 0.0470. The van der Waals surface area contributed by atoms with Gasteiger partial charge in [0.25, 0.3) is 0 Å². The van der Waals surface area contributed by atoms with Crippen molar-refractivity contribution in [1.29, 1.82) is 0 Å². The second kappa shape index (κ2) is 7.54. The van der Waals surface area contributed by atoms with E-state index >= 15 is 0 Å². The average molecular weight is 336 g/mol. The first-order valence-corrected chi connectivity index (χ1v) is 6.83. The summed E-state index contributed by atoms with van der Waals surface area (Å²) in [6.07, 6.45) is 0. The number of benzene rings is 2. The molecule has 0 unspecified atom stereocenters. The molecule has 0 saturated carbocycles. The van der Waals surface area contributed by atoms with Crippen LogP contribution in [0, 0.1) is 11.6 Å². The van der Waals surface area contributed by atoms with E-state index in [-0.39, 0.29) is 5.56 Å². The highest BCUT2D eigenvalue weighted by Gasteiger charge is 2.17. The molecule has 24 heavy (non-hydrogen) atoms. The maximum atomic E-state index is 13.5. The van der Waals surface area contributed by atoms with Gasteiger partial charge >= 0.3 is 5.97 Å². The minimum Gasteiger partial charge on any atom is -0.493 e. The summed E-state index contributed by atoms with van der Waals surface area (Å²) in [6, 6.07) is 6.90. The van der Waals surface area contributed by atoms with Crippen molar-refractivity contribution in [3.05, 3.63) is 59.2 Å². The molecule has 2 aromatic carbocycles. The number of carbonyl (C=O) groups excluding carboxylic acids is 2. The first-order chi connectivity index (χ1) is 11.5. The molecule has 0 aliphatic carbocycles. The topological polar surface area (TPSA) is 61.8 Å². The third-order valence-corrected chi connectivity index (χ3v) is 3.19. The van der Waals surface area contributed by atoms with Crippen molar-refractivity contribution in [2.24, 2.45) is 0 Å². The molecule has 0 N–H and O–H groups in total. The smallest absolute Gasteiger partial charge is 0.341 e. The number of halogens is 2. The third-order valence-electron chi connectivity index (χ3n) is 3.19. The van der Waals surface area contributed by atoms with Crippen LogP contribution in [0.15, 0.2) is 36.4 Å².